The van der Waals surface area contributed by atoms with Crippen LogP contribution >= 0.6 is 31.9 Å². The van der Waals surface area contributed by atoms with Crippen LogP contribution < -0.4 is 14.9 Å². The van der Waals surface area contributed by atoms with E-state index in [4.69, 9.17) is 9.47 Å². The Kier molecular flexibility index (Phi) is 8.04. The fourth-order valence-corrected chi connectivity index (χ4v) is 3.24. The lowest BCUT2D eigenvalue weighted by atomic mass is 10.2. The van der Waals surface area contributed by atoms with Gasteiger partial charge in [0, 0.05) is 14.5 Å². The number of carbonyl (C=O) groups is 1. The standard InChI is InChI=1S/C23H20Br2N2O3/c1-16(30-21-11-9-19(24)10-12-21)23(28)27-26-14-18-6-2-3-8-22(18)29-15-17-5-4-7-20(25)13-17/h2-14,16H,15H2,1H3,(H,27,28). The molecule has 0 aliphatic carbocycles. The molecular weight excluding hydrogens is 512 g/mol. The fraction of sp³-hybridized carbons (Fsp3) is 0.130. The Bertz CT molecular complexity index is 1020. The smallest absolute Gasteiger partial charge is 0.280 e. The highest BCUT2D eigenvalue weighted by atomic mass is 79.9. The van der Waals surface area contributed by atoms with Crippen molar-refractivity contribution in [3.63, 3.8) is 0 Å². The zero-order chi connectivity index (χ0) is 21.3. The first-order valence-electron chi connectivity index (χ1n) is 9.22. The van der Waals surface area contributed by atoms with Gasteiger partial charge in [-0.15, -0.1) is 0 Å². The Labute approximate surface area is 192 Å². The molecule has 1 N–H and O–H groups in total. The van der Waals surface area contributed by atoms with Gasteiger partial charge in [-0.25, -0.2) is 5.43 Å². The molecule has 0 saturated carbocycles. The molecule has 0 bridgehead atoms. The van der Waals surface area contributed by atoms with Crippen LogP contribution in [0.1, 0.15) is 18.1 Å². The van der Waals surface area contributed by atoms with Gasteiger partial charge in [-0.2, -0.15) is 5.10 Å². The molecule has 3 rings (SSSR count). The average Bonchev–Trinajstić information content (AvgIpc) is 2.74. The van der Waals surface area contributed by atoms with Crippen molar-refractivity contribution in [2.45, 2.75) is 19.6 Å². The van der Waals surface area contributed by atoms with Gasteiger partial charge < -0.3 is 9.47 Å². The van der Waals surface area contributed by atoms with Crippen LogP contribution in [0.3, 0.4) is 0 Å². The summed E-state index contributed by atoms with van der Waals surface area (Å²) in [5, 5.41) is 4.05. The lowest BCUT2D eigenvalue weighted by Gasteiger charge is -2.13. The van der Waals surface area contributed by atoms with Crippen LogP contribution in [0.2, 0.25) is 0 Å². The number of nitrogens with one attached hydrogen (secondary N) is 1. The molecule has 154 valence electrons. The maximum atomic E-state index is 12.2. The van der Waals surface area contributed by atoms with Crippen molar-refractivity contribution in [3.05, 3.63) is 92.9 Å². The minimum atomic E-state index is -0.689. The predicted octanol–water partition coefficient (Wildman–Crippen LogP) is 5.71. The maximum absolute atomic E-state index is 12.2. The summed E-state index contributed by atoms with van der Waals surface area (Å²) >= 11 is 6.82. The van der Waals surface area contributed by atoms with Gasteiger partial charge in [0.15, 0.2) is 6.10 Å². The number of hydrogen-bond acceptors (Lipinski definition) is 4. The van der Waals surface area contributed by atoms with Gasteiger partial charge in [0.2, 0.25) is 0 Å². The highest BCUT2D eigenvalue weighted by Gasteiger charge is 2.14. The molecule has 0 spiro atoms. The zero-order valence-electron chi connectivity index (χ0n) is 16.2. The second-order valence-corrected chi connectivity index (χ2v) is 8.24. The van der Waals surface area contributed by atoms with Crippen LogP contribution in [0.15, 0.2) is 86.8 Å². The van der Waals surface area contributed by atoms with Gasteiger partial charge >= 0.3 is 0 Å². The van der Waals surface area contributed by atoms with E-state index in [1.807, 2.05) is 60.7 Å². The van der Waals surface area contributed by atoms with E-state index in [0.717, 1.165) is 20.1 Å². The van der Waals surface area contributed by atoms with Crippen LogP contribution in [0.25, 0.3) is 0 Å². The van der Waals surface area contributed by atoms with Crippen molar-refractivity contribution >= 4 is 44.0 Å². The summed E-state index contributed by atoms with van der Waals surface area (Å²) in [7, 11) is 0. The first-order chi connectivity index (χ1) is 14.5. The topological polar surface area (TPSA) is 59.9 Å². The minimum absolute atomic E-state index is 0.346. The number of ether oxygens (including phenoxy) is 2. The monoisotopic (exact) mass is 530 g/mol. The Morgan fingerprint density at radius 1 is 1.03 bits per heavy atom. The van der Waals surface area contributed by atoms with E-state index < -0.39 is 6.10 Å². The largest absolute Gasteiger partial charge is 0.488 e. The first-order valence-corrected chi connectivity index (χ1v) is 10.8. The van der Waals surface area contributed by atoms with Gasteiger partial charge in [-0.05, 0) is 61.0 Å². The van der Waals surface area contributed by atoms with E-state index in [1.54, 1.807) is 25.3 Å². The number of benzene rings is 3. The summed E-state index contributed by atoms with van der Waals surface area (Å²) in [5.74, 6) is 0.937. The first kappa shape index (κ1) is 22.1. The molecule has 0 aliphatic heterocycles. The number of carbonyl (C=O) groups excluding carboxylic acids is 1. The van der Waals surface area contributed by atoms with Gasteiger partial charge in [0.05, 0.1) is 6.21 Å². The number of rotatable bonds is 8. The van der Waals surface area contributed by atoms with Gasteiger partial charge in [0.25, 0.3) is 5.91 Å². The third-order valence-electron chi connectivity index (χ3n) is 4.08. The molecule has 1 atom stereocenters. The van der Waals surface area contributed by atoms with E-state index in [9.17, 15) is 4.79 Å². The van der Waals surface area contributed by atoms with Crippen molar-refractivity contribution in [3.8, 4) is 11.5 Å². The lowest BCUT2D eigenvalue weighted by Crippen LogP contribution is -2.33. The molecule has 0 aromatic heterocycles. The van der Waals surface area contributed by atoms with Crippen LogP contribution in [0.5, 0.6) is 11.5 Å². The highest BCUT2D eigenvalue weighted by Crippen LogP contribution is 2.19. The third-order valence-corrected chi connectivity index (χ3v) is 5.10. The number of hydrogen-bond donors (Lipinski definition) is 1. The van der Waals surface area contributed by atoms with E-state index in [0.29, 0.717) is 18.1 Å². The van der Waals surface area contributed by atoms with Gasteiger partial charge in [-0.3, -0.25) is 4.79 Å². The summed E-state index contributed by atoms with van der Waals surface area (Å²) in [5.41, 5.74) is 4.31. The Hall–Kier alpha value is -2.64. The Balaban J connectivity index is 1.56. The van der Waals surface area contributed by atoms with Crippen molar-refractivity contribution in [2.24, 2.45) is 5.10 Å². The Morgan fingerprint density at radius 2 is 1.80 bits per heavy atom. The number of nitrogens with zero attached hydrogens (tertiary/aromatic N) is 1. The summed E-state index contributed by atoms with van der Waals surface area (Å²) in [6, 6.07) is 22.7. The van der Waals surface area contributed by atoms with Crippen molar-refractivity contribution < 1.29 is 14.3 Å². The van der Waals surface area contributed by atoms with Crippen LogP contribution in [-0.2, 0) is 11.4 Å². The molecule has 3 aromatic rings. The average molecular weight is 532 g/mol. The van der Waals surface area contributed by atoms with Gasteiger partial charge in [-0.1, -0.05) is 56.1 Å². The second kappa shape index (κ2) is 10.9. The van der Waals surface area contributed by atoms with Crippen molar-refractivity contribution in [1.29, 1.82) is 0 Å². The molecule has 30 heavy (non-hydrogen) atoms. The highest BCUT2D eigenvalue weighted by molar-refractivity contribution is 9.10. The van der Waals surface area contributed by atoms with Crippen LogP contribution in [0.4, 0.5) is 0 Å². The maximum Gasteiger partial charge on any atom is 0.280 e. The summed E-state index contributed by atoms with van der Waals surface area (Å²) in [4.78, 5) is 12.2. The molecule has 0 saturated heterocycles. The molecular formula is C23H20Br2N2O3. The molecule has 3 aromatic carbocycles. The quantitative estimate of drug-likeness (QED) is 0.299. The van der Waals surface area contributed by atoms with E-state index in [2.05, 4.69) is 42.4 Å². The van der Waals surface area contributed by atoms with Crippen molar-refractivity contribution in [2.75, 3.05) is 0 Å². The molecule has 7 heteroatoms. The van der Waals surface area contributed by atoms with Crippen LogP contribution in [-0.4, -0.2) is 18.2 Å². The molecule has 0 radical (unpaired) electrons. The van der Waals surface area contributed by atoms with Crippen LogP contribution in [0, 0.1) is 0 Å². The molecule has 0 fully saturated rings. The number of amides is 1. The van der Waals surface area contributed by atoms with Crippen molar-refractivity contribution in [1.82, 2.24) is 5.43 Å². The second-order valence-electron chi connectivity index (χ2n) is 6.40. The third kappa shape index (κ3) is 6.71. The lowest BCUT2D eigenvalue weighted by molar-refractivity contribution is -0.127. The normalized spacial score (nSPS) is 11.8. The predicted molar refractivity (Wildman–Crippen MR) is 125 cm³/mol. The summed E-state index contributed by atoms with van der Waals surface area (Å²) < 4.78 is 13.5. The summed E-state index contributed by atoms with van der Waals surface area (Å²) in [6.45, 7) is 2.09. The van der Waals surface area contributed by atoms with E-state index >= 15 is 0 Å². The molecule has 5 nitrogen and oxygen atoms in total. The minimum Gasteiger partial charge on any atom is -0.488 e. The van der Waals surface area contributed by atoms with Gasteiger partial charge in [0.1, 0.15) is 18.1 Å². The number of para-hydroxylation sites is 1. The Morgan fingerprint density at radius 3 is 2.57 bits per heavy atom. The number of hydrazone groups is 1. The summed E-state index contributed by atoms with van der Waals surface area (Å²) in [6.07, 6.45) is 0.867. The SMILES string of the molecule is CC(Oc1ccc(Br)cc1)C(=O)NN=Cc1ccccc1OCc1cccc(Br)c1. The molecule has 0 aliphatic rings. The fourth-order valence-electron chi connectivity index (χ4n) is 2.53. The number of halogens is 2. The molecule has 1 unspecified atom stereocenters. The van der Waals surface area contributed by atoms with E-state index in [-0.39, 0.29) is 5.91 Å². The van der Waals surface area contributed by atoms with E-state index in [1.165, 1.54) is 0 Å². The molecule has 0 heterocycles. The molecule has 1 amide bonds. The zero-order valence-corrected chi connectivity index (χ0v) is 19.4.